The Hall–Kier alpha value is -1.88. The van der Waals surface area contributed by atoms with Gasteiger partial charge in [0.25, 0.3) is 0 Å². The lowest BCUT2D eigenvalue weighted by atomic mass is 10.2. The molecule has 20 heavy (non-hydrogen) atoms. The summed E-state index contributed by atoms with van der Waals surface area (Å²) >= 11 is 0. The number of nitrogens with zero attached hydrogens (tertiary/aromatic N) is 3. The number of ether oxygens (including phenoxy) is 1. The van der Waals surface area contributed by atoms with E-state index in [1.54, 1.807) is 0 Å². The molecule has 0 unspecified atom stereocenters. The predicted octanol–water partition coefficient (Wildman–Crippen LogP) is 2.64. The van der Waals surface area contributed by atoms with Gasteiger partial charge in [-0.1, -0.05) is 13.0 Å². The zero-order valence-corrected chi connectivity index (χ0v) is 12.8. The molecule has 0 bridgehead atoms. The highest BCUT2D eigenvalue weighted by molar-refractivity contribution is 5.36. The van der Waals surface area contributed by atoms with Crippen LogP contribution in [0.3, 0.4) is 0 Å². The van der Waals surface area contributed by atoms with Crippen LogP contribution in [0.2, 0.25) is 0 Å². The molecule has 0 fully saturated rings. The first-order valence-electron chi connectivity index (χ1n) is 6.88. The average molecular weight is 274 g/mol. The van der Waals surface area contributed by atoms with Gasteiger partial charge in [-0.2, -0.15) is 5.10 Å². The molecule has 0 atom stereocenters. The number of aromatic nitrogens is 3. The normalized spacial score (nSPS) is 10.8. The van der Waals surface area contributed by atoms with Crippen molar-refractivity contribution < 1.29 is 4.74 Å². The van der Waals surface area contributed by atoms with Crippen LogP contribution in [0.15, 0.2) is 12.1 Å². The molecule has 0 amide bonds. The quantitative estimate of drug-likeness (QED) is 0.910. The van der Waals surface area contributed by atoms with Crippen LogP contribution in [-0.4, -0.2) is 21.3 Å². The predicted molar refractivity (Wildman–Crippen MR) is 79.1 cm³/mol. The van der Waals surface area contributed by atoms with E-state index in [1.165, 1.54) is 5.56 Å². The Kier molecular flexibility index (Phi) is 4.39. The summed E-state index contributed by atoms with van der Waals surface area (Å²) in [6, 6.07) is 3.97. The largest absolute Gasteiger partial charge is 0.435 e. The van der Waals surface area contributed by atoms with Crippen LogP contribution in [-0.2, 0) is 13.6 Å². The maximum atomic E-state index is 5.89. The Balaban J connectivity index is 2.20. The number of hydrogen-bond donors (Lipinski definition) is 1. The minimum atomic E-state index is 0.613. The van der Waals surface area contributed by atoms with Gasteiger partial charge in [-0.15, -0.1) is 0 Å². The molecular weight excluding hydrogens is 252 g/mol. The summed E-state index contributed by atoms with van der Waals surface area (Å²) < 4.78 is 7.70. The number of nitrogens with one attached hydrogen (secondary N) is 1. The molecule has 0 aliphatic rings. The molecule has 1 N–H and O–H groups in total. The molecule has 0 aromatic carbocycles. The lowest BCUT2D eigenvalue weighted by molar-refractivity contribution is 0.453. The highest BCUT2D eigenvalue weighted by Gasteiger charge is 2.12. The molecule has 108 valence electrons. The number of pyridine rings is 1. The van der Waals surface area contributed by atoms with E-state index in [0.29, 0.717) is 5.88 Å². The highest BCUT2D eigenvalue weighted by atomic mass is 16.5. The SMILES string of the molecule is CCNCc1ccc(Oc2c(C)nn(C)c2C)nc1C. The Morgan fingerprint density at radius 1 is 1.20 bits per heavy atom. The summed E-state index contributed by atoms with van der Waals surface area (Å²) in [5.74, 6) is 1.40. The van der Waals surface area contributed by atoms with E-state index in [0.717, 1.165) is 35.9 Å². The average Bonchev–Trinajstić information content (AvgIpc) is 2.64. The molecular formula is C15H22N4O. The highest BCUT2D eigenvalue weighted by Crippen LogP contribution is 2.27. The summed E-state index contributed by atoms with van der Waals surface area (Å²) in [4.78, 5) is 4.51. The van der Waals surface area contributed by atoms with Gasteiger partial charge in [-0.25, -0.2) is 4.98 Å². The van der Waals surface area contributed by atoms with Crippen molar-refractivity contribution in [2.24, 2.45) is 7.05 Å². The van der Waals surface area contributed by atoms with E-state index in [-0.39, 0.29) is 0 Å². The Morgan fingerprint density at radius 3 is 2.50 bits per heavy atom. The van der Waals surface area contributed by atoms with Gasteiger partial charge in [0.2, 0.25) is 5.88 Å². The van der Waals surface area contributed by atoms with E-state index in [1.807, 2.05) is 38.6 Å². The summed E-state index contributed by atoms with van der Waals surface area (Å²) in [6.45, 7) is 9.81. The molecule has 0 saturated carbocycles. The molecule has 0 aliphatic carbocycles. The van der Waals surface area contributed by atoms with Gasteiger partial charge in [0.1, 0.15) is 5.69 Å². The molecule has 5 nitrogen and oxygen atoms in total. The van der Waals surface area contributed by atoms with Crippen molar-refractivity contribution in [3.63, 3.8) is 0 Å². The van der Waals surface area contributed by atoms with E-state index in [2.05, 4.69) is 28.4 Å². The van der Waals surface area contributed by atoms with Crippen LogP contribution in [0.25, 0.3) is 0 Å². The summed E-state index contributed by atoms with van der Waals surface area (Å²) in [7, 11) is 1.91. The molecule has 5 heteroatoms. The number of aryl methyl sites for hydroxylation is 3. The van der Waals surface area contributed by atoms with Crippen LogP contribution >= 0.6 is 0 Å². The van der Waals surface area contributed by atoms with Crippen molar-refractivity contribution in [3.8, 4) is 11.6 Å². The first-order chi connectivity index (χ1) is 9.52. The topological polar surface area (TPSA) is 52.0 Å². The third-order valence-electron chi connectivity index (χ3n) is 3.38. The van der Waals surface area contributed by atoms with E-state index in [4.69, 9.17) is 4.74 Å². The second-order valence-corrected chi connectivity index (χ2v) is 4.90. The van der Waals surface area contributed by atoms with Crippen molar-refractivity contribution in [1.82, 2.24) is 20.1 Å². The van der Waals surface area contributed by atoms with Crippen LogP contribution in [0.5, 0.6) is 11.6 Å². The van der Waals surface area contributed by atoms with Crippen LogP contribution < -0.4 is 10.1 Å². The Morgan fingerprint density at radius 2 is 1.95 bits per heavy atom. The first-order valence-corrected chi connectivity index (χ1v) is 6.88. The molecule has 0 saturated heterocycles. The van der Waals surface area contributed by atoms with Crippen LogP contribution in [0.1, 0.15) is 29.6 Å². The van der Waals surface area contributed by atoms with Crippen molar-refractivity contribution in [2.45, 2.75) is 34.2 Å². The molecule has 2 aromatic rings. The summed E-state index contributed by atoms with van der Waals surface area (Å²) in [5, 5.41) is 7.64. The van der Waals surface area contributed by atoms with Crippen molar-refractivity contribution in [2.75, 3.05) is 6.54 Å². The molecule has 2 aromatic heterocycles. The van der Waals surface area contributed by atoms with Crippen molar-refractivity contribution in [3.05, 3.63) is 34.8 Å². The fourth-order valence-electron chi connectivity index (χ4n) is 2.08. The second kappa shape index (κ2) is 6.05. The number of rotatable bonds is 5. The molecule has 2 rings (SSSR count). The fraction of sp³-hybridized carbons (Fsp3) is 0.467. The Bertz CT molecular complexity index is 604. The second-order valence-electron chi connectivity index (χ2n) is 4.90. The third-order valence-corrected chi connectivity index (χ3v) is 3.38. The van der Waals surface area contributed by atoms with E-state index < -0.39 is 0 Å². The molecule has 0 spiro atoms. The van der Waals surface area contributed by atoms with Gasteiger partial charge in [0.15, 0.2) is 5.75 Å². The van der Waals surface area contributed by atoms with Gasteiger partial charge in [-0.3, -0.25) is 4.68 Å². The zero-order chi connectivity index (χ0) is 14.7. The van der Waals surface area contributed by atoms with Gasteiger partial charge in [-0.05, 0) is 32.9 Å². The van der Waals surface area contributed by atoms with Gasteiger partial charge < -0.3 is 10.1 Å². The third kappa shape index (κ3) is 2.99. The molecule has 0 aliphatic heterocycles. The maximum Gasteiger partial charge on any atom is 0.219 e. The smallest absolute Gasteiger partial charge is 0.219 e. The minimum absolute atomic E-state index is 0.613. The van der Waals surface area contributed by atoms with E-state index in [9.17, 15) is 0 Å². The Labute approximate surface area is 120 Å². The van der Waals surface area contributed by atoms with Gasteiger partial charge in [0.05, 0.1) is 5.69 Å². The van der Waals surface area contributed by atoms with E-state index >= 15 is 0 Å². The summed E-state index contributed by atoms with van der Waals surface area (Å²) in [5.41, 5.74) is 4.06. The standard InChI is InChI=1S/C15H22N4O/c1-6-16-9-13-7-8-14(17-10(13)2)20-15-11(3)18-19(5)12(15)4/h7-8,16H,6,9H2,1-5H3. The minimum Gasteiger partial charge on any atom is -0.435 e. The molecule has 0 radical (unpaired) electrons. The van der Waals surface area contributed by atoms with Gasteiger partial charge >= 0.3 is 0 Å². The molecule has 2 heterocycles. The summed E-state index contributed by atoms with van der Waals surface area (Å²) in [6.07, 6.45) is 0. The van der Waals surface area contributed by atoms with Crippen molar-refractivity contribution >= 4 is 0 Å². The first kappa shape index (κ1) is 14.5. The fourth-order valence-corrected chi connectivity index (χ4v) is 2.08. The van der Waals surface area contributed by atoms with Crippen LogP contribution in [0, 0.1) is 20.8 Å². The maximum absolute atomic E-state index is 5.89. The van der Waals surface area contributed by atoms with Crippen molar-refractivity contribution in [1.29, 1.82) is 0 Å². The number of hydrogen-bond acceptors (Lipinski definition) is 4. The monoisotopic (exact) mass is 274 g/mol. The zero-order valence-electron chi connectivity index (χ0n) is 12.8. The lowest BCUT2D eigenvalue weighted by Crippen LogP contribution is -2.13. The lowest BCUT2D eigenvalue weighted by Gasteiger charge is -2.09. The van der Waals surface area contributed by atoms with Gasteiger partial charge in [0, 0.05) is 25.4 Å². The van der Waals surface area contributed by atoms with Crippen LogP contribution in [0.4, 0.5) is 0 Å².